The Hall–Kier alpha value is -3.92. The normalized spacial score (nSPS) is 10.5. The predicted molar refractivity (Wildman–Crippen MR) is 122 cm³/mol. The molecular weight excluding hydrogens is 372 g/mol. The van der Waals surface area contributed by atoms with Crippen LogP contribution in [0.25, 0.3) is 0 Å². The third kappa shape index (κ3) is 4.92. The molecule has 4 rings (SSSR count). The van der Waals surface area contributed by atoms with E-state index in [4.69, 9.17) is 20.9 Å². The molecule has 0 saturated heterocycles. The van der Waals surface area contributed by atoms with E-state index in [9.17, 15) is 0 Å². The monoisotopic (exact) mass is 396 g/mol. The summed E-state index contributed by atoms with van der Waals surface area (Å²) in [5.41, 5.74) is 15.3. The van der Waals surface area contributed by atoms with Crippen LogP contribution in [0.2, 0.25) is 0 Å². The summed E-state index contributed by atoms with van der Waals surface area (Å²) < 4.78 is 12.2. The first-order chi connectivity index (χ1) is 14.7. The molecule has 0 radical (unpaired) electrons. The molecule has 0 aliphatic heterocycles. The molecule has 30 heavy (non-hydrogen) atoms. The lowest BCUT2D eigenvalue weighted by Gasteiger charge is -2.14. The van der Waals surface area contributed by atoms with Crippen molar-refractivity contribution in [2.75, 3.05) is 11.5 Å². The van der Waals surface area contributed by atoms with E-state index in [1.54, 1.807) is 0 Å². The lowest BCUT2D eigenvalue weighted by Crippen LogP contribution is -1.98. The second-order valence-electron chi connectivity index (χ2n) is 7.06. The summed E-state index contributed by atoms with van der Waals surface area (Å²) in [4.78, 5) is 0. The number of ether oxygens (including phenoxy) is 2. The van der Waals surface area contributed by atoms with E-state index in [1.165, 1.54) is 0 Å². The summed E-state index contributed by atoms with van der Waals surface area (Å²) in [6.07, 6.45) is 1.64. The number of anilines is 2. The van der Waals surface area contributed by atoms with Crippen molar-refractivity contribution >= 4 is 11.4 Å². The zero-order valence-corrected chi connectivity index (χ0v) is 16.6. The third-order valence-electron chi connectivity index (χ3n) is 4.80. The Morgan fingerprint density at radius 1 is 0.500 bits per heavy atom. The minimum Gasteiger partial charge on any atom is -0.457 e. The Kier molecular flexibility index (Phi) is 5.85. The molecule has 0 bridgehead atoms. The molecule has 0 fully saturated rings. The van der Waals surface area contributed by atoms with Crippen LogP contribution in [0.3, 0.4) is 0 Å². The maximum absolute atomic E-state index is 6.09. The number of hydrogen-bond acceptors (Lipinski definition) is 4. The van der Waals surface area contributed by atoms with Gasteiger partial charge in [-0.1, -0.05) is 42.5 Å². The fourth-order valence-electron chi connectivity index (χ4n) is 3.26. The van der Waals surface area contributed by atoms with Crippen LogP contribution in [-0.2, 0) is 12.8 Å². The Morgan fingerprint density at radius 3 is 1.67 bits per heavy atom. The highest BCUT2D eigenvalue weighted by Gasteiger charge is 2.09. The molecule has 0 heterocycles. The van der Waals surface area contributed by atoms with E-state index in [0.29, 0.717) is 11.4 Å². The fraction of sp³-hybridized carbons (Fsp3) is 0.0769. The average Bonchev–Trinajstić information content (AvgIpc) is 2.76. The molecule has 0 saturated carbocycles. The van der Waals surface area contributed by atoms with Gasteiger partial charge >= 0.3 is 0 Å². The molecule has 0 amide bonds. The van der Waals surface area contributed by atoms with Gasteiger partial charge in [-0.05, 0) is 72.5 Å². The first-order valence-electron chi connectivity index (χ1n) is 9.90. The molecule has 4 heteroatoms. The number of hydrogen-bond donors (Lipinski definition) is 2. The fourth-order valence-corrected chi connectivity index (χ4v) is 3.26. The third-order valence-corrected chi connectivity index (χ3v) is 4.80. The van der Waals surface area contributed by atoms with Crippen molar-refractivity contribution in [2.45, 2.75) is 12.8 Å². The summed E-state index contributed by atoms with van der Waals surface area (Å²) >= 11 is 0. The van der Waals surface area contributed by atoms with Crippen molar-refractivity contribution < 1.29 is 9.47 Å². The lowest BCUT2D eigenvalue weighted by atomic mass is 10.0. The van der Waals surface area contributed by atoms with Crippen LogP contribution in [0, 0.1) is 0 Å². The first kappa shape index (κ1) is 19.4. The van der Waals surface area contributed by atoms with Crippen molar-refractivity contribution in [3.05, 3.63) is 108 Å². The topological polar surface area (TPSA) is 70.5 Å². The standard InChI is InChI=1S/C26H24N2O2/c27-21-14-16-23(17-15-21)29-25-10-3-1-6-19(25)12-13-20-7-2-4-11-26(20)30-24-9-5-8-22(28)18-24/h1-11,14-18H,12-13,27-28H2. The molecule has 0 aromatic heterocycles. The number of para-hydroxylation sites is 2. The van der Waals surface area contributed by atoms with Crippen molar-refractivity contribution in [3.8, 4) is 23.0 Å². The molecule has 0 atom stereocenters. The van der Waals surface area contributed by atoms with E-state index < -0.39 is 0 Å². The molecule has 4 nitrogen and oxygen atoms in total. The summed E-state index contributed by atoms with van der Waals surface area (Å²) in [7, 11) is 0. The van der Waals surface area contributed by atoms with Gasteiger partial charge in [0.05, 0.1) is 0 Å². The molecule has 150 valence electrons. The smallest absolute Gasteiger partial charge is 0.130 e. The number of nitrogens with two attached hydrogens (primary N) is 2. The highest BCUT2D eigenvalue weighted by atomic mass is 16.5. The van der Waals surface area contributed by atoms with E-state index in [2.05, 4.69) is 12.1 Å². The van der Waals surface area contributed by atoms with E-state index in [-0.39, 0.29) is 0 Å². The number of nitrogen functional groups attached to an aromatic ring is 2. The predicted octanol–water partition coefficient (Wildman–Crippen LogP) is 6.22. The highest BCUT2D eigenvalue weighted by Crippen LogP contribution is 2.30. The van der Waals surface area contributed by atoms with Gasteiger partial charge in [0.2, 0.25) is 0 Å². The van der Waals surface area contributed by atoms with Gasteiger partial charge in [0.25, 0.3) is 0 Å². The van der Waals surface area contributed by atoms with Gasteiger partial charge in [-0.3, -0.25) is 0 Å². The second-order valence-corrected chi connectivity index (χ2v) is 7.06. The van der Waals surface area contributed by atoms with E-state index >= 15 is 0 Å². The van der Waals surface area contributed by atoms with Crippen LogP contribution in [0.4, 0.5) is 11.4 Å². The molecule has 4 N–H and O–H groups in total. The quantitative estimate of drug-likeness (QED) is 0.364. The van der Waals surface area contributed by atoms with Crippen LogP contribution in [0.15, 0.2) is 97.1 Å². The molecule has 4 aromatic carbocycles. The Bertz CT molecular complexity index is 1120. The van der Waals surface area contributed by atoms with E-state index in [1.807, 2.05) is 84.9 Å². The Labute approximate surface area is 176 Å². The first-order valence-corrected chi connectivity index (χ1v) is 9.90. The summed E-state index contributed by atoms with van der Waals surface area (Å²) in [6, 6.07) is 31.0. The largest absolute Gasteiger partial charge is 0.457 e. The minimum absolute atomic E-state index is 0.679. The summed E-state index contributed by atoms with van der Waals surface area (Å²) in [5, 5.41) is 0. The van der Waals surface area contributed by atoms with Gasteiger partial charge in [0, 0.05) is 17.4 Å². The maximum atomic E-state index is 6.09. The van der Waals surface area contributed by atoms with Crippen molar-refractivity contribution in [1.82, 2.24) is 0 Å². The van der Waals surface area contributed by atoms with Gasteiger partial charge < -0.3 is 20.9 Å². The molecule has 0 aliphatic rings. The van der Waals surface area contributed by atoms with Gasteiger partial charge in [-0.15, -0.1) is 0 Å². The number of benzene rings is 4. The molecule has 0 spiro atoms. The zero-order chi connectivity index (χ0) is 20.8. The van der Waals surface area contributed by atoms with Gasteiger partial charge in [-0.2, -0.15) is 0 Å². The molecular formula is C26H24N2O2. The lowest BCUT2D eigenvalue weighted by molar-refractivity contribution is 0.471. The molecule has 0 unspecified atom stereocenters. The summed E-state index contributed by atoms with van der Waals surface area (Å²) in [6.45, 7) is 0. The maximum Gasteiger partial charge on any atom is 0.130 e. The second kappa shape index (κ2) is 9.05. The van der Waals surface area contributed by atoms with Crippen LogP contribution < -0.4 is 20.9 Å². The number of aryl methyl sites for hydroxylation is 2. The van der Waals surface area contributed by atoms with Gasteiger partial charge in [0.1, 0.15) is 23.0 Å². The van der Waals surface area contributed by atoms with Crippen LogP contribution >= 0.6 is 0 Å². The van der Waals surface area contributed by atoms with Crippen molar-refractivity contribution in [3.63, 3.8) is 0 Å². The van der Waals surface area contributed by atoms with Crippen molar-refractivity contribution in [1.29, 1.82) is 0 Å². The minimum atomic E-state index is 0.679. The van der Waals surface area contributed by atoms with Crippen LogP contribution in [0.5, 0.6) is 23.0 Å². The Balaban J connectivity index is 1.50. The SMILES string of the molecule is Nc1ccc(Oc2ccccc2CCc2ccccc2Oc2cccc(N)c2)cc1. The molecule has 4 aromatic rings. The zero-order valence-electron chi connectivity index (χ0n) is 16.6. The average molecular weight is 396 g/mol. The van der Waals surface area contributed by atoms with Gasteiger partial charge in [0.15, 0.2) is 0 Å². The van der Waals surface area contributed by atoms with E-state index in [0.717, 1.165) is 47.0 Å². The van der Waals surface area contributed by atoms with Gasteiger partial charge in [-0.25, -0.2) is 0 Å². The van der Waals surface area contributed by atoms with Crippen molar-refractivity contribution in [2.24, 2.45) is 0 Å². The summed E-state index contributed by atoms with van der Waals surface area (Å²) in [5.74, 6) is 3.17. The van der Waals surface area contributed by atoms with Crippen LogP contribution in [0.1, 0.15) is 11.1 Å². The Morgan fingerprint density at radius 2 is 1.07 bits per heavy atom. The number of rotatable bonds is 7. The highest BCUT2D eigenvalue weighted by molar-refractivity contribution is 5.47. The van der Waals surface area contributed by atoms with Crippen LogP contribution in [-0.4, -0.2) is 0 Å². The molecule has 0 aliphatic carbocycles.